The van der Waals surface area contributed by atoms with Gasteiger partial charge in [0.05, 0.1) is 13.2 Å². The van der Waals surface area contributed by atoms with Crippen molar-refractivity contribution in [3.63, 3.8) is 0 Å². The van der Waals surface area contributed by atoms with Crippen molar-refractivity contribution in [1.82, 2.24) is 4.90 Å². The lowest BCUT2D eigenvalue weighted by Gasteiger charge is -2.30. The summed E-state index contributed by atoms with van der Waals surface area (Å²) in [5.41, 5.74) is 0.860. The van der Waals surface area contributed by atoms with E-state index in [0.717, 1.165) is 10.2 Å². The zero-order valence-corrected chi connectivity index (χ0v) is 13.0. The topological polar surface area (TPSA) is 41.6 Å². The van der Waals surface area contributed by atoms with E-state index in [4.69, 9.17) is 16.3 Å². The van der Waals surface area contributed by atoms with Crippen molar-refractivity contribution >= 4 is 39.1 Å². The first-order valence-corrected chi connectivity index (χ1v) is 7.33. The third-order valence-corrected chi connectivity index (χ3v) is 3.89. The number of rotatable bonds is 3. The minimum atomic E-state index is -0.282. The number of anilines is 1. The maximum Gasteiger partial charge on any atom is 0.244 e. The van der Waals surface area contributed by atoms with Crippen LogP contribution in [-0.4, -0.2) is 43.2 Å². The molecule has 1 atom stereocenters. The molecule has 1 heterocycles. The van der Waals surface area contributed by atoms with Crippen LogP contribution in [0, 0.1) is 0 Å². The fourth-order valence-corrected chi connectivity index (χ4v) is 2.76. The Balaban J connectivity index is 1.99. The SMILES string of the molecule is CC(Nc1ccc(Cl)cc1Br)C(=O)N1CCOCC1. The fourth-order valence-electron chi connectivity index (χ4n) is 1.96. The quantitative estimate of drug-likeness (QED) is 0.914. The van der Waals surface area contributed by atoms with Gasteiger partial charge in [0.1, 0.15) is 6.04 Å². The first kappa shape index (κ1) is 14.6. The lowest BCUT2D eigenvalue weighted by molar-refractivity contribution is -0.135. The molecule has 1 saturated heterocycles. The summed E-state index contributed by atoms with van der Waals surface area (Å²) in [6.07, 6.45) is 0. The summed E-state index contributed by atoms with van der Waals surface area (Å²) < 4.78 is 6.09. The lowest BCUT2D eigenvalue weighted by atomic mass is 10.2. The van der Waals surface area contributed by atoms with Gasteiger partial charge in [-0.15, -0.1) is 0 Å². The van der Waals surface area contributed by atoms with Gasteiger partial charge in [-0.05, 0) is 41.1 Å². The molecule has 0 saturated carbocycles. The first-order chi connectivity index (χ1) is 9.08. The highest BCUT2D eigenvalue weighted by molar-refractivity contribution is 9.10. The molecule has 1 aliphatic heterocycles. The molecule has 2 rings (SSSR count). The molecule has 0 bridgehead atoms. The van der Waals surface area contributed by atoms with E-state index in [9.17, 15) is 4.79 Å². The molecule has 1 aromatic rings. The predicted molar refractivity (Wildman–Crippen MR) is 79.6 cm³/mol. The highest BCUT2D eigenvalue weighted by Crippen LogP contribution is 2.26. The van der Waals surface area contributed by atoms with Crippen LogP contribution >= 0.6 is 27.5 Å². The standard InChI is InChI=1S/C13H16BrClN2O2/c1-9(13(18)17-4-6-19-7-5-17)16-12-3-2-10(15)8-11(12)14/h2-3,8-9,16H,4-7H2,1H3. The lowest BCUT2D eigenvalue weighted by Crippen LogP contribution is -2.47. The van der Waals surface area contributed by atoms with E-state index in [0.29, 0.717) is 31.3 Å². The van der Waals surface area contributed by atoms with Gasteiger partial charge in [-0.1, -0.05) is 11.6 Å². The summed E-state index contributed by atoms with van der Waals surface area (Å²) in [6, 6.07) is 5.17. The second-order valence-corrected chi connectivity index (χ2v) is 5.72. The molecule has 4 nitrogen and oxygen atoms in total. The molecule has 1 N–H and O–H groups in total. The number of benzene rings is 1. The normalized spacial score (nSPS) is 17.1. The molecule has 0 aliphatic carbocycles. The number of morpholine rings is 1. The van der Waals surface area contributed by atoms with Crippen LogP contribution in [0.5, 0.6) is 0 Å². The number of hydrogen-bond acceptors (Lipinski definition) is 3. The highest BCUT2D eigenvalue weighted by Gasteiger charge is 2.22. The molecule has 1 aliphatic rings. The minimum absolute atomic E-state index is 0.0881. The van der Waals surface area contributed by atoms with Crippen LogP contribution in [0.25, 0.3) is 0 Å². The molecular weight excluding hydrogens is 332 g/mol. The molecule has 1 unspecified atom stereocenters. The first-order valence-electron chi connectivity index (χ1n) is 6.16. The number of carbonyl (C=O) groups is 1. The maximum absolute atomic E-state index is 12.2. The van der Waals surface area contributed by atoms with E-state index in [1.165, 1.54) is 0 Å². The monoisotopic (exact) mass is 346 g/mol. The largest absolute Gasteiger partial charge is 0.378 e. The number of amides is 1. The Hall–Kier alpha value is -0.780. The molecule has 6 heteroatoms. The Labute approximate surface area is 126 Å². The van der Waals surface area contributed by atoms with Gasteiger partial charge < -0.3 is 15.0 Å². The number of hydrogen-bond donors (Lipinski definition) is 1. The van der Waals surface area contributed by atoms with Crippen LogP contribution in [0.2, 0.25) is 5.02 Å². The van der Waals surface area contributed by atoms with E-state index < -0.39 is 0 Å². The van der Waals surface area contributed by atoms with E-state index in [2.05, 4.69) is 21.2 Å². The van der Waals surface area contributed by atoms with Crippen LogP contribution in [0.15, 0.2) is 22.7 Å². The Morgan fingerprint density at radius 3 is 2.79 bits per heavy atom. The number of nitrogens with zero attached hydrogens (tertiary/aromatic N) is 1. The van der Waals surface area contributed by atoms with Gasteiger partial charge in [-0.2, -0.15) is 0 Å². The zero-order chi connectivity index (χ0) is 13.8. The van der Waals surface area contributed by atoms with Gasteiger partial charge in [0.25, 0.3) is 0 Å². The summed E-state index contributed by atoms with van der Waals surface area (Å²) in [4.78, 5) is 14.1. The predicted octanol–water partition coefficient (Wildman–Crippen LogP) is 2.76. The molecule has 1 aromatic carbocycles. The van der Waals surface area contributed by atoms with E-state index in [1.54, 1.807) is 12.1 Å². The summed E-state index contributed by atoms with van der Waals surface area (Å²) in [6.45, 7) is 4.41. The van der Waals surface area contributed by atoms with Crippen molar-refractivity contribution < 1.29 is 9.53 Å². The van der Waals surface area contributed by atoms with E-state index >= 15 is 0 Å². The van der Waals surface area contributed by atoms with Crippen molar-refractivity contribution in [1.29, 1.82) is 0 Å². The van der Waals surface area contributed by atoms with Gasteiger partial charge in [-0.25, -0.2) is 0 Å². The second kappa shape index (κ2) is 6.59. The van der Waals surface area contributed by atoms with Gasteiger partial charge in [-0.3, -0.25) is 4.79 Å². The van der Waals surface area contributed by atoms with Gasteiger partial charge in [0, 0.05) is 28.3 Å². The van der Waals surface area contributed by atoms with Crippen molar-refractivity contribution in [3.05, 3.63) is 27.7 Å². The minimum Gasteiger partial charge on any atom is -0.378 e. The van der Waals surface area contributed by atoms with Gasteiger partial charge >= 0.3 is 0 Å². The molecule has 0 spiro atoms. The molecule has 1 fully saturated rings. The molecule has 19 heavy (non-hydrogen) atoms. The number of carbonyl (C=O) groups excluding carboxylic acids is 1. The summed E-state index contributed by atoms with van der Waals surface area (Å²) in [5.74, 6) is 0.0881. The molecule has 1 amide bonds. The van der Waals surface area contributed by atoms with Crippen molar-refractivity contribution in [2.75, 3.05) is 31.6 Å². The highest BCUT2D eigenvalue weighted by atomic mass is 79.9. The number of ether oxygens (including phenoxy) is 1. The van der Waals surface area contributed by atoms with Crippen LogP contribution in [0.4, 0.5) is 5.69 Å². The molecule has 0 aromatic heterocycles. The van der Waals surface area contributed by atoms with E-state index in [-0.39, 0.29) is 11.9 Å². The van der Waals surface area contributed by atoms with E-state index in [1.807, 2.05) is 17.9 Å². The summed E-state index contributed by atoms with van der Waals surface area (Å²) >= 11 is 9.32. The van der Waals surface area contributed by atoms with Crippen LogP contribution in [-0.2, 0) is 9.53 Å². The molecule has 0 radical (unpaired) electrons. The third kappa shape index (κ3) is 3.84. The maximum atomic E-state index is 12.2. The number of nitrogens with one attached hydrogen (secondary N) is 1. The summed E-state index contributed by atoms with van der Waals surface area (Å²) in [7, 11) is 0. The van der Waals surface area contributed by atoms with Gasteiger partial charge in [0.2, 0.25) is 5.91 Å². The van der Waals surface area contributed by atoms with Crippen molar-refractivity contribution in [2.45, 2.75) is 13.0 Å². The summed E-state index contributed by atoms with van der Waals surface area (Å²) in [5, 5.41) is 3.85. The fraction of sp³-hybridized carbons (Fsp3) is 0.462. The Bertz CT molecular complexity index is 464. The average molecular weight is 348 g/mol. The Kier molecular flexibility index (Phi) is 5.07. The third-order valence-electron chi connectivity index (χ3n) is 3.00. The van der Waals surface area contributed by atoms with Crippen LogP contribution < -0.4 is 5.32 Å². The second-order valence-electron chi connectivity index (χ2n) is 4.43. The van der Waals surface area contributed by atoms with Crippen LogP contribution in [0.1, 0.15) is 6.92 Å². The number of halogens is 2. The molecular formula is C13H16BrClN2O2. The van der Waals surface area contributed by atoms with Crippen LogP contribution in [0.3, 0.4) is 0 Å². The Morgan fingerprint density at radius 2 is 2.16 bits per heavy atom. The molecule has 104 valence electrons. The zero-order valence-electron chi connectivity index (χ0n) is 10.7. The van der Waals surface area contributed by atoms with Crippen molar-refractivity contribution in [2.24, 2.45) is 0 Å². The smallest absolute Gasteiger partial charge is 0.244 e. The Morgan fingerprint density at radius 1 is 1.47 bits per heavy atom. The van der Waals surface area contributed by atoms with Gasteiger partial charge in [0.15, 0.2) is 0 Å². The average Bonchev–Trinajstić information content (AvgIpc) is 2.42. The van der Waals surface area contributed by atoms with Crippen molar-refractivity contribution in [3.8, 4) is 0 Å².